The minimum absolute atomic E-state index is 0.0638. The van der Waals surface area contributed by atoms with Gasteiger partial charge >= 0.3 is 0 Å². The summed E-state index contributed by atoms with van der Waals surface area (Å²) in [5.41, 5.74) is 7.44. The quantitative estimate of drug-likeness (QED) is 0.508. The van der Waals surface area contributed by atoms with Crippen LogP contribution in [0.3, 0.4) is 0 Å². The standard InChI is InChI=1S/C20H20BrN3O4/c1-27-17-7-12(15(21)10-18(17)28-2)8-19(25)23-24-20(26)9-13-11-22-16-6-4-3-5-14(13)16/h3-7,10-11,22H,8-9H2,1-2H3,(H,23,25)(H,24,26). The molecule has 146 valence electrons. The highest BCUT2D eigenvalue weighted by Crippen LogP contribution is 2.33. The zero-order valence-electron chi connectivity index (χ0n) is 15.5. The first kappa shape index (κ1) is 19.8. The van der Waals surface area contributed by atoms with Gasteiger partial charge in [-0.25, -0.2) is 0 Å². The highest BCUT2D eigenvalue weighted by atomic mass is 79.9. The lowest BCUT2D eigenvalue weighted by molar-refractivity contribution is -0.128. The van der Waals surface area contributed by atoms with Gasteiger partial charge in [0.2, 0.25) is 11.8 Å². The molecule has 0 fully saturated rings. The van der Waals surface area contributed by atoms with Gasteiger partial charge in [0.25, 0.3) is 0 Å². The molecule has 2 aromatic carbocycles. The number of nitrogens with one attached hydrogen (secondary N) is 3. The predicted octanol–water partition coefficient (Wildman–Crippen LogP) is 2.88. The van der Waals surface area contributed by atoms with Gasteiger partial charge < -0.3 is 14.5 Å². The Morgan fingerprint density at radius 2 is 1.57 bits per heavy atom. The van der Waals surface area contributed by atoms with E-state index in [1.54, 1.807) is 25.4 Å². The highest BCUT2D eigenvalue weighted by Gasteiger charge is 2.14. The van der Waals surface area contributed by atoms with Crippen LogP contribution in [0.25, 0.3) is 10.9 Å². The average molecular weight is 446 g/mol. The lowest BCUT2D eigenvalue weighted by Crippen LogP contribution is -2.43. The van der Waals surface area contributed by atoms with Gasteiger partial charge in [-0.1, -0.05) is 34.1 Å². The van der Waals surface area contributed by atoms with Crippen LogP contribution in [0.5, 0.6) is 11.5 Å². The molecule has 0 atom stereocenters. The number of H-pyrrole nitrogens is 1. The van der Waals surface area contributed by atoms with Crippen molar-refractivity contribution in [3.63, 3.8) is 0 Å². The Hall–Kier alpha value is -3.00. The van der Waals surface area contributed by atoms with Crippen LogP contribution in [0.1, 0.15) is 11.1 Å². The Labute approximate surface area is 170 Å². The summed E-state index contributed by atoms with van der Waals surface area (Å²) < 4.78 is 11.2. The number of para-hydroxylation sites is 1. The molecule has 3 rings (SSSR count). The van der Waals surface area contributed by atoms with Gasteiger partial charge in [-0.3, -0.25) is 20.4 Å². The zero-order chi connectivity index (χ0) is 20.1. The Balaban J connectivity index is 1.57. The number of carbonyl (C=O) groups excluding carboxylic acids is 2. The molecule has 3 aromatic rings. The van der Waals surface area contributed by atoms with Crippen molar-refractivity contribution in [2.24, 2.45) is 0 Å². The number of benzene rings is 2. The van der Waals surface area contributed by atoms with E-state index in [0.29, 0.717) is 21.5 Å². The first-order chi connectivity index (χ1) is 13.5. The lowest BCUT2D eigenvalue weighted by atomic mass is 10.1. The van der Waals surface area contributed by atoms with Crippen LogP contribution >= 0.6 is 15.9 Å². The first-order valence-electron chi connectivity index (χ1n) is 8.55. The molecule has 28 heavy (non-hydrogen) atoms. The normalized spacial score (nSPS) is 10.5. The molecule has 0 aliphatic rings. The molecular weight excluding hydrogens is 426 g/mol. The van der Waals surface area contributed by atoms with Crippen molar-refractivity contribution in [1.82, 2.24) is 15.8 Å². The van der Waals surface area contributed by atoms with Crippen molar-refractivity contribution in [2.45, 2.75) is 12.8 Å². The number of halogens is 1. The molecule has 0 bridgehead atoms. The van der Waals surface area contributed by atoms with Crippen LogP contribution in [0.2, 0.25) is 0 Å². The molecule has 7 nitrogen and oxygen atoms in total. The molecule has 0 radical (unpaired) electrons. The van der Waals surface area contributed by atoms with Gasteiger partial charge in [-0.05, 0) is 29.3 Å². The van der Waals surface area contributed by atoms with Crippen LogP contribution in [-0.2, 0) is 22.4 Å². The van der Waals surface area contributed by atoms with Crippen LogP contribution in [0.4, 0.5) is 0 Å². The summed E-state index contributed by atoms with van der Waals surface area (Å²) in [6, 6.07) is 11.2. The molecule has 8 heteroatoms. The molecule has 0 aliphatic heterocycles. The Morgan fingerprint density at radius 3 is 2.25 bits per heavy atom. The molecule has 1 heterocycles. The van der Waals surface area contributed by atoms with Crippen molar-refractivity contribution < 1.29 is 19.1 Å². The fourth-order valence-corrected chi connectivity index (χ4v) is 3.35. The van der Waals surface area contributed by atoms with Crippen LogP contribution in [-0.4, -0.2) is 31.0 Å². The maximum absolute atomic E-state index is 12.2. The topological polar surface area (TPSA) is 92.5 Å². The molecule has 0 saturated carbocycles. The van der Waals surface area contributed by atoms with E-state index in [0.717, 1.165) is 16.5 Å². The zero-order valence-corrected chi connectivity index (χ0v) is 17.1. The van der Waals surface area contributed by atoms with E-state index < -0.39 is 0 Å². The summed E-state index contributed by atoms with van der Waals surface area (Å²) in [6.45, 7) is 0. The number of hydrogen-bond acceptors (Lipinski definition) is 4. The van der Waals surface area contributed by atoms with Crippen LogP contribution < -0.4 is 20.3 Å². The second kappa shape index (κ2) is 8.79. The van der Waals surface area contributed by atoms with E-state index >= 15 is 0 Å². The maximum atomic E-state index is 12.2. The van der Waals surface area contributed by atoms with Gasteiger partial charge in [-0.2, -0.15) is 0 Å². The van der Waals surface area contributed by atoms with E-state index in [1.165, 1.54) is 7.11 Å². The van der Waals surface area contributed by atoms with E-state index in [4.69, 9.17) is 9.47 Å². The van der Waals surface area contributed by atoms with E-state index in [9.17, 15) is 9.59 Å². The minimum atomic E-state index is -0.347. The fraction of sp³-hybridized carbons (Fsp3) is 0.200. The number of fused-ring (bicyclic) bond motifs is 1. The van der Waals surface area contributed by atoms with Gasteiger partial charge in [0.1, 0.15) is 0 Å². The Kier molecular flexibility index (Phi) is 6.20. The molecule has 0 saturated heterocycles. The van der Waals surface area contributed by atoms with Gasteiger partial charge in [0, 0.05) is 21.6 Å². The number of aromatic nitrogens is 1. The number of rotatable bonds is 6. The van der Waals surface area contributed by atoms with E-state index in [1.807, 2.05) is 24.3 Å². The molecule has 0 spiro atoms. The SMILES string of the molecule is COc1cc(Br)c(CC(=O)NNC(=O)Cc2c[nH]c3ccccc23)cc1OC. The number of ether oxygens (including phenoxy) is 2. The average Bonchev–Trinajstić information content (AvgIpc) is 3.10. The van der Waals surface area contributed by atoms with Crippen LogP contribution in [0, 0.1) is 0 Å². The largest absolute Gasteiger partial charge is 0.493 e. The lowest BCUT2D eigenvalue weighted by Gasteiger charge is -2.12. The molecule has 0 aliphatic carbocycles. The predicted molar refractivity (Wildman–Crippen MR) is 109 cm³/mol. The second-order valence-electron chi connectivity index (χ2n) is 6.11. The molecule has 2 amide bonds. The smallest absolute Gasteiger partial charge is 0.242 e. The summed E-state index contributed by atoms with van der Waals surface area (Å²) in [5.74, 6) is 0.437. The number of methoxy groups -OCH3 is 2. The first-order valence-corrected chi connectivity index (χ1v) is 9.34. The van der Waals surface area contributed by atoms with Crippen molar-refractivity contribution in [1.29, 1.82) is 0 Å². The summed E-state index contributed by atoms with van der Waals surface area (Å²) in [5, 5.41) is 0.984. The molecule has 0 unspecified atom stereocenters. The monoisotopic (exact) mass is 445 g/mol. The van der Waals surface area contributed by atoms with Gasteiger partial charge in [-0.15, -0.1) is 0 Å². The molecular formula is C20H20BrN3O4. The summed E-state index contributed by atoms with van der Waals surface area (Å²) in [4.78, 5) is 27.5. The van der Waals surface area contributed by atoms with Gasteiger partial charge in [0.05, 0.1) is 27.1 Å². The number of hydrogen-bond donors (Lipinski definition) is 3. The van der Waals surface area contributed by atoms with Crippen molar-refractivity contribution in [2.75, 3.05) is 14.2 Å². The molecule has 1 aromatic heterocycles. The van der Waals surface area contributed by atoms with Crippen LogP contribution in [0.15, 0.2) is 47.1 Å². The third-order valence-electron chi connectivity index (χ3n) is 4.27. The van der Waals surface area contributed by atoms with E-state index in [2.05, 4.69) is 31.8 Å². The second-order valence-corrected chi connectivity index (χ2v) is 6.96. The Morgan fingerprint density at radius 1 is 0.964 bits per heavy atom. The highest BCUT2D eigenvalue weighted by molar-refractivity contribution is 9.10. The number of hydrazine groups is 1. The summed E-state index contributed by atoms with van der Waals surface area (Å²) in [6.07, 6.45) is 2.02. The number of amides is 2. The van der Waals surface area contributed by atoms with Crippen molar-refractivity contribution in [3.05, 3.63) is 58.2 Å². The third-order valence-corrected chi connectivity index (χ3v) is 5.01. The minimum Gasteiger partial charge on any atom is -0.493 e. The summed E-state index contributed by atoms with van der Waals surface area (Å²) in [7, 11) is 3.07. The number of carbonyl (C=O) groups is 2. The van der Waals surface area contributed by atoms with Crippen molar-refractivity contribution in [3.8, 4) is 11.5 Å². The Bertz CT molecular complexity index is 1020. The van der Waals surface area contributed by atoms with Gasteiger partial charge in [0.15, 0.2) is 11.5 Å². The maximum Gasteiger partial charge on any atom is 0.242 e. The third kappa shape index (κ3) is 4.45. The number of aromatic amines is 1. The van der Waals surface area contributed by atoms with Crippen molar-refractivity contribution >= 4 is 38.6 Å². The van der Waals surface area contributed by atoms with E-state index in [-0.39, 0.29) is 24.7 Å². The summed E-state index contributed by atoms with van der Waals surface area (Å²) >= 11 is 3.42. The fourth-order valence-electron chi connectivity index (χ4n) is 2.88. The molecule has 3 N–H and O–H groups in total.